The van der Waals surface area contributed by atoms with E-state index >= 15 is 0 Å². The zero-order chi connectivity index (χ0) is 41.7. The van der Waals surface area contributed by atoms with Crippen molar-refractivity contribution in [1.82, 2.24) is 39.9 Å². The fourth-order valence-electron chi connectivity index (χ4n) is 9.50. The lowest BCUT2D eigenvalue weighted by Crippen LogP contribution is -2.51. The van der Waals surface area contributed by atoms with Gasteiger partial charge in [0.25, 0.3) is 17.7 Å². The molecule has 6 aliphatic rings. The third-order valence-corrected chi connectivity index (χ3v) is 12.8. The second kappa shape index (κ2) is 16.0. The molecule has 2 aromatic heterocycles. The maximum Gasteiger partial charge on any atom is 0.320 e. The Labute approximate surface area is 348 Å². The number of allylic oxidation sites excluding steroid dienone is 1. The third kappa shape index (κ3) is 7.55. The summed E-state index contributed by atoms with van der Waals surface area (Å²) < 4.78 is 0. The van der Waals surface area contributed by atoms with Gasteiger partial charge in [-0.1, -0.05) is 6.58 Å². The number of imide groups is 1. The lowest BCUT2D eigenvalue weighted by atomic mass is 10.0. The minimum absolute atomic E-state index is 0.0280. The van der Waals surface area contributed by atoms with Crippen LogP contribution in [0.3, 0.4) is 0 Å². The van der Waals surface area contributed by atoms with E-state index in [9.17, 15) is 24.0 Å². The van der Waals surface area contributed by atoms with Gasteiger partial charge in [-0.25, -0.2) is 19.7 Å². The van der Waals surface area contributed by atoms with E-state index < -0.39 is 23.8 Å². The number of rotatable bonds is 10. The average Bonchev–Trinajstić information content (AvgIpc) is 3.93. The number of nitrogens with two attached hydrogens (primary N) is 1. The summed E-state index contributed by atoms with van der Waals surface area (Å²) in [6.07, 6.45) is 7.15. The van der Waals surface area contributed by atoms with Crippen LogP contribution in [0.2, 0.25) is 0 Å². The number of pyridine rings is 1. The number of fused-ring (bicyclic) bond motifs is 1. The predicted molar refractivity (Wildman–Crippen MR) is 224 cm³/mol. The summed E-state index contributed by atoms with van der Waals surface area (Å²) in [7, 11) is 1.83. The quantitative estimate of drug-likeness (QED) is 0.252. The van der Waals surface area contributed by atoms with Crippen molar-refractivity contribution in [2.45, 2.75) is 44.2 Å². The number of anilines is 5. The molecule has 0 saturated carbocycles. The first-order chi connectivity index (χ1) is 29.0. The van der Waals surface area contributed by atoms with Gasteiger partial charge in [-0.2, -0.15) is 0 Å². The Balaban J connectivity index is 0.771. The number of hydrogen-bond acceptors (Lipinski definition) is 13. The van der Waals surface area contributed by atoms with Crippen LogP contribution >= 0.6 is 0 Å². The summed E-state index contributed by atoms with van der Waals surface area (Å²) in [6, 6.07) is 8.64. The van der Waals surface area contributed by atoms with Crippen molar-refractivity contribution < 1.29 is 24.0 Å². The molecule has 0 aliphatic carbocycles. The van der Waals surface area contributed by atoms with E-state index in [0.29, 0.717) is 60.3 Å². The van der Waals surface area contributed by atoms with Crippen molar-refractivity contribution in [2.24, 2.45) is 11.7 Å². The molecule has 4 N–H and O–H groups in total. The number of hydrogen-bond donors (Lipinski definition) is 3. The summed E-state index contributed by atoms with van der Waals surface area (Å²) >= 11 is 0. The molecule has 9 rings (SSSR count). The van der Waals surface area contributed by atoms with E-state index in [0.717, 1.165) is 94.4 Å². The molecule has 6 aliphatic heterocycles. The number of carbonyl (C=O) groups excluding carboxylic acids is 5. The second-order valence-corrected chi connectivity index (χ2v) is 16.7. The van der Waals surface area contributed by atoms with Crippen LogP contribution in [-0.2, 0) is 4.79 Å². The van der Waals surface area contributed by atoms with Gasteiger partial charge in [0.1, 0.15) is 17.7 Å². The van der Waals surface area contributed by atoms with Crippen LogP contribution in [0.4, 0.5) is 33.6 Å². The van der Waals surface area contributed by atoms with Gasteiger partial charge in [-0.15, -0.1) is 0 Å². The number of carbonyl (C=O) groups is 5. The van der Waals surface area contributed by atoms with Crippen molar-refractivity contribution in [3.05, 3.63) is 71.8 Å². The highest BCUT2D eigenvalue weighted by Gasteiger charge is 2.44. The Hall–Kier alpha value is -6.30. The van der Waals surface area contributed by atoms with Gasteiger partial charge in [-0.05, 0) is 68.4 Å². The average molecular weight is 818 g/mol. The van der Waals surface area contributed by atoms with E-state index in [2.05, 4.69) is 46.8 Å². The standard InChI is InChI=1S/C42H51N13O5/c1-26-5-9-33(39(57)46-26)55-40(58)31-8-6-28(20-32(31)41(55)59)52-13-11-27(24-52)23-50-15-17-51(18-16-50)29-7-10-34(44-21-29)47-38-36(37(43)56)45-22-35(48-38)53-12-3-4-30(25-53)54-19-14-49(2)42(54)60/h6-8,10,20-22,27,30,33H,1,3-5,9,11-19,23-25H2,2H3,(H2,43,56)(H,46,57)(H,44,47,48)/t27-,30-,33?/m1/s1. The van der Waals surface area contributed by atoms with Gasteiger partial charge in [0, 0.05) is 90.4 Å². The molecule has 18 heteroatoms. The highest BCUT2D eigenvalue weighted by molar-refractivity contribution is 6.23. The number of benzene rings is 1. The molecule has 0 bridgehead atoms. The highest BCUT2D eigenvalue weighted by atomic mass is 16.2. The normalized spacial score (nSPS) is 23.8. The van der Waals surface area contributed by atoms with Crippen molar-refractivity contribution in [3.8, 4) is 0 Å². The molecule has 5 fully saturated rings. The van der Waals surface area contributed by atoms with Crippen LogP contribution in [-0.4, -0.2) is 155 Å². The van der Waals surface area contributed by atoms with Crippen molar-refractivity contribution in [2.75, 3.05) is 99.1 Å². The van der Waals surface area contributed by atoms with Crippen molar-refractivity contribution in [1.29, 1.82) is 0 Å². The first-order valence-corrected chi connectivity index (χ1v) is 20.9. The summed E-state index contributed by atoms with van der Waals surface area (Å²) in [4.78, 5) is 92.1. The Morgan fingerprint density at radius 2 is 1.65 bits per heavy atom. The maximum absolute atomic E-state index is 13.4. The molecule has 60 heavy (non-hydrogen) atoms. The van der Waals surface area contributed by atoms with Crippen LogP contribution in [0, 0.1) is 5.92 Å². The van der Waals surface area contributed by atoms with Gasteiger partial charge >= 0.3 is 6.03 Å². The zero-order valence-electron chi connectivity index (χ0n) is 33.9. The lowest BCUT2D eigenvalue weighted by Gasteiger charge is -2.37. The van der Waals surface area contributed by atoms with E-state index in [1.165, 1.54) is 0 Å². The number of primary amides is 1. The zero-order valence-corrected chi connectivity index (χ0v) is 33.9. The third-order valence-electron chi connectivity index (χ3n) is 12.8. The molecule has 0 radical (unpaired) electrons. The van der Waals surface area contributed by atoms with Crippen LogP contribution in [0.25, 0.3) is 0 Å². The van der Waals surface area contributed by atoms with Gasteiger partial charge in [0.05, 0.1) is 35.2 Å². The molecular weight excluding hydrogens is 767 g/mol. The largest absolute Gasteiger partial charge is 0.371 e. The van der Waals surface area contributed by atoms with Crippen LogP contribution in [0.15, 0.2) is 55.0 Å². The van der Waals surface area contributed by atoms with Crippen molar-refractivity contribution >= 4 is 58.5 Å². The number of likely N-dealkylation sites (N-methyl/N-ethyl adjacent to an activating group) is 1. The first-order valence-electron chi connectivity index (χ1n) is 20.9. The summed E-state index contributed by atoms with van der Waals surface area (Å²) in [5.74, 6) is -0.0654. The molecule has 6 amide bonds. The van der Waals surface area contributed by atoms with Gasteiger partial charge in [-0.3, -0.25) is 29.0 Å². The molecule has 3 atom stereocenters. The number of urea groups is 1. The predicted octanol–water partition coefficient (Wildman–Crippen LogP) is 2.09. The monoisotopic (exact) mass is 817 g/mol. The number of nitrogens with zero attached hydrogens (tertiary/aromatic N) is 10. The summed E-state index contributed by atoms with van der Waals surface area (Å²) in [5, 5.41) is 5.86. The molecule has 8 heterocycles. The minimum Gasteiger partial charge on any atom is -0.371 e. The Morgan fingerprint density at radius 3 is 2.38 bits per heavy atom. The number of piperidine rings is 2. The maximum atomic E-state index is 13.4. The molecule has 1 aromatic carbocycles. The van der Waals surface area contributed by atoms with E-state index in [1.807, 2.05) is 42.4 Å². The molecule has 314 valence electrons. The van der Waals surface area contributed by atoms with Crippen molar-refractivity contribution in [3.63, 3.8) is 0 Å². The molecule has 0 spiro atoms. The fraction of sp³-hybridized carbons (Fsp3) is 0.476. The first kappa shape index (κ1) is 39.2. The molecule has 1 unspecified atom stereocenters. The van der Waals surface area contributed by atoms with E-state index in [-0.39, 0.29) is 29.5 Å². The summed E-state index contributed by atoms with van der Waals surface area (Å²) in [6.45, 7) is 12.8. The molecule has 3 aromatic rings. The summed E-state index contributed by atoms with van der Waals surface area (Å²) in [5.41, 5.74) is 8.95. The number of piperazine rings is 1. The molecule has 5 saturated heterocycles. The number of nitrogens with one attached hydrogen (secondary N) is 2. The number of amides is 6. The Morgan fingerprint density at radius 1 is 0.850 bits per heavy atom. The topological polar surface area (TPSA) is 197 Å². The van der Waals surface area contributed by atoms with Crippen LogP contribution in [0.5, 0.6) is 0 Å². The SMILES string of the molecule is C=C1CCC(N2C(=O)c3ccc(N4CC[C@H](CN5CCN(c6ccc(Nc7nc(N8CCC[C@@H](N9CCN(C)C9=O)C8)cnc7C(N)=O)nc6)CC5)C4)cc3C2=O)C(=O)N1. The van der Waals surface area contributed by atoms with Gasteiger partial charge < -0.3 is 40.9 Å². The van der Waals surface area contributed by atoms with Crippen LogP contribution in [0.1, 0.15) is 63.3 Å². The lowest BCUT2D eigenvalue weighted by molar-refractivity contribution is -0.125. The van der Waals surface area contributed by atoms with Gasteiger partial charge in [0.15, 0.2) is 11.5 Å². The smallest absolute Gasteiger partial charge is 0.320 e. The Bertz CT molecular complexity index is 2230. The Kier molecular flexibility index (Phi) is 10.5. The fourth-order valence-corrected chi connectivity index (χ4v) is 9.50. The van der Waals surface area contributed by atoms with Gasteiger partial charge in [0.2, 0.25) is 5.91 Å². The van der Waals surface area contributed by atoms with E-state index in [1.54, 1.807) is 17.2 Å². The second-order valence-electron chi connectivity index (χ2n) is 16.7. The minimum atomic E-state index is -0.824. The highest BCUT2D eigenvalue weighted by Crippen LogP contribution is 2.34. The van der Waals surface area contributed by atoms with E-state index in [4.69, 9.17) is 10.7 Å². The van der Waals surface area contributed by atoms with Crippen LogP contribution < -0.4 is 31.1 Å². The number of aromatic nitrogens is 3. The molecular formula is C42H51N13O5. The molecule has 18 nitrogen and oxygen atoms in total.